The number of benzene rings is 1. The van der Waals surface area contributed by atoms with Crippen LogP contribution < -0.4 is 5.32 Å². The first-order valence-electron chi connectivity index (χ1n) is 5.22. The van der Waals surface area contributed by atoms with Crippen LogP contribution in [0.15, 0.2) is 18.2 Å². The van der Waals surface area contributed by atoms with Gasteiger partial charge in [0, 0.05) is 13.0 Å². The molecule has 0 aliphatic rings. The lowest BCUT2D eigenvalue weighted by molar-refractivity contribution is -0.138. The minimum Gasteiger partial charge on any atom is -0.481 e. The maximum Gasteiger partial charge on any atom is 0.303 e. The number of carbonyl (C=O) groups excluding carboxylic acids is 1. The van der Waals surface area contributed by atoms with E-state index in [2.05, 4.69) is 5.32 Å². The van der Waals surface area contributed by atoms with Crippen molar-refractivity contribution in [1.82, 2.24) is 5.32 Å². The first-order chi connectivity index (χ1) is 7.99. The molecule has 1 aromatic rings. The van der Waals surface area contributed by atoms with Gasteiger partial charge in [0.2, 0.25) is 5.91 Å². The zero-order valence-corrected chi connectivity index (χ0v) is 9.50. The van der Waals surface area contributed by atoms with Crippen LogP contribution >= 0.6 is 0 Å². The van der Waals surface area contributed by atoms with Gasteiger partial charge >= 0.3 is 5.97 Å². The van der Waals surface area contributed by atoms with Crippen LogP contribution in [0.25, 0.3) is 0 Å². The molecule has 0 bridgehead atoms. The summed E-state index contributed by atoms with van der Waals surface area (Å²) in [5.41, 5.74) is 1.30. The highest BCUT2D eigenvalue weighted by Gasteiger charge is 2.05. The van der Waals surface area contributed by atoms with Gasteiger partial charge in [-0.05, 0) is 24.1 Å². The molecule has 5 heteroatoms. The third-order valence-corrected chi connectivity index (χ3v) is 2.28. The Morgan fingerprint density at radius 3 is 2.65 bits per heavy atom. The lowest BCUT2D eigenvalue weighted by Gasteiger charge is -2.05. The number of carboxylic acids is 1. The Morgan fingerprint density at radius 1 is 1.35 bits per heavy atom. The fraction of sp³-hybridized carbons (Fsp3) is 0.333. The minimum atomic E-state index is -1.00. The third kappa shape index (κ3) is 4.63. The molecule has 1 rings (SSSR count). The SMILES string of the molecule is Cc1cc(CNC(=O)CCC(=O)O)ccc1F. The maximum atomic E-state index is 13.0. The van der Waals surface area contributed by atoms with Gasteiger partial charge in [0.05, 0.1) is 6.42 Å². The number of hydrogen-bond donors (Lipinski definition) is 2. The highest BCUT2D eigenvalue weighted by molar-refractivity contribution is 5.80. The standard InChI is InChI=1S/C12H14FNO3/c1-8-6-9(2-3-10(8)13)7-14-11(15)4-5-12(16)17/h2-3,6H,4-5,7H2,1H3,(H,14,15)(H,16,17). The number of nitrogens with one attached hydrogen (secondary N) is 1. The normalized spacial score (nSPS) is 10.0. The van der Waals surface area contributed by atoms with Crippen LogP contribution in [0.2, 0.25) is 0 Å². The van der Waals surface area contributed by atoms with E-state index in [0.29, 0.717) is 5.56 Å². The monoisotopic (exact) mass is 239 g/mol. The van der Waals surface area contributed by atoms with Gasteiger partial charge in [-0.25, -0.2) is 4.39 Å². The van der Waals surface area contributed by atoms with E-state index in [9.17, 15) is 14.0 Å². The van der Waals surface area contributed by atoms with Crippen molar-refractivity contribution in [3.63, 3.8) is 0 Å². The molecule has 0 saturated carbocycles. The van der Waals surface area contributed by atoms with Gasteiger partial charge in [-0.15, -0.1) is 0 Å². The molecule has 0 radical (unpaired) electrons. The van der Waals surface area contributed by atoms with Crippen molar-refractivity contribution < 1.29 is 19.1 Å². The summed E-state index contributed by atoms with van der Waals surface area (Å²) in [6.07, 6.45) is -0.232. The Kier molecular flexibility index (Phi) is 4.63. The average Bonchev–Trinajstić information content (AvgIpc) is 2.28. The van der Waals surface area contributed by atoms with E-state index in [1.54, 1.807) is 19.1 Å². The molecular weight excluding hydrogens is 225 g/mol. The number of aliphatic carboxylic acids is 1. The van der Waals surface area contributed by atoms with Gasteiger partial charge in [0.15, 0.2) is 0 Å². The quantitative estimate of drug-likeness (QED) is 0.820. The van der Waals surface area contributed by atoms with Crippen molar-refractivity contribution in [1.29, 1.82) is 0 Å². The molecule has 0 spiro atoms. The second-order valence-corrected chi connectivity index (χ2v) is 3.75. The predicted molar refractivity (Wildman–Crippen MR) is 59.9 cm³/mol. The van der Waals surface area contributed by atoms with Crippen molar-refractivity contribution in [2.75, 3.05) is 0 Å². The summed E-state index contributed by atoms with van der Waals surface area (Å²) in [4.78, 5) is 21.5. The van der Waals surface area contributed by atoms with E-state index < -0.39 is 5.97 Å². The second kappa shape index (κ2) is 5.98. The van der Waals surface area contributed by atoms with Gasteiger partial charge in [0.1, 0.15) is 5.82 Å². The number of rotatable bonds is 5. The number of carbonyl (C=O) groups is 2. The average molecular weight is 239 g/mol. The first kappa shape index (κ1) is 13.2. The Labute approximate surface area is 98.5 Å². The smallest absolute Gasteiger partial charge is 0.303 e. The van der Waals surface area contributed by atoms with Crippen LogP contribution in [0.1, 0.15) is 24.0 Å². The molecule has 0 aromatic heterocycles. The van der Waals surface area contributed by atoms with Gasteiger partial charge < -0.3 is 10.4 Å². The number of carboxylic acid groups (broad SMARTS) is 1. The van der Waals surface area contributed by atoms with Gasteiger partial charge in [-0.3, -0.25) is 9.59 Å². The molecule has 1 amide bonds. The van der Waals surface area contributed by atoms with E-state index in [1.807, 2.05) is 0 Å². The maximum absolute atomic E-state index is 13.0. The molecule has 1 aromatic carbocycles. The second-order valence-electron chi connectivity index (χ2n) is 3.75. The van der Waals surface area contributed by atoms with Gasteiger partial charge in [-0.1, -0.05) is 12.1 Å². The zero-order valence-electron chi connectivity index (χ0n) is 9.50. The van der Waals surface area contributed by atoms with Crippen LogP contribution in [0.5, 0.6) is 0 Å². The Bertz CT molecular complexity index is 432. The molecule has 0 unspecified atom stereocenters. The number of halogens is 1. The number of aryl methyl sites for hydroxylation is 1. The molecule has 92 valence electrons. The molecule has 17 heavy (non-hydrogen) atoms. The molecule has 0 fully saturated rings. The largest absolute Gasteiger partial charge is 0.481 e. The van der Waals surface area contributed by atoms with Crippen molar-refractivity contribution in [3.8, 4) is 0 Å². The van der Waals surface area contributed by atoms with Crippen molar-refractivity contribution in [2.45, 2.75) is 26.3 Å². The van der Waals surface area contributed by atoms with Crippen LogP contribution in [-0.4, -0.2) is 17.0 Å². The van der Waals surface area contributed by atoms with E-state index in [-0.39, 0.29) is 31.1 Å². The molecule has 0 saturated heterocycles. The Morgan fingerprint density at radius 2 is 2.06 bits per heavy atom. The molecule has 0 atom stereocenters. The van der Waals surface area contributed by atoms with Gasteiger partial charge in [0.25, 0.3) is 0 Å². The van der Waals surface area contributed by atoms with Crippen LogP contribution in [0, 0.1) is 12.7 Å². The highest BCUT2D eigenvalue weighted by Crippen LogP contribution is 2.08. The summed E-state index contributed by atoms with van der Waals surface area (Å²) in [5.74, 6) is -1.61. The molecule has 4 nitrogen and oxygen atoms in total. The third-order valence-electron chi connectivity index (χ3n) is 2.28. The predicted octanol–water partition coefficient (Wildman–Crippen LogP) is 1.62. The van der Waals surface area contributed by atoms with E-state index >= 15 is 0 Å². The summed E-state index contributed by atoms with van der Waals surface area (Å²) < 4.78 is 13.0. The van der Waals surface area contributed by atoms with Crippen molar-refractivity contribution in [3.05, 3.63) is 35.1 Å². The molecule has 0 heterocycles. The van der Waals surface area contributed by atoms with E-state index in [1.165, 1.54) is 6.07 Å². The lowest BCUT2D eigenvalue weighted by atomic mass is 10.1. The van der Waals surface area contributed by atoms with Crippen LogP contribution in [0.4, 0.5) is 4.39 Å². The Hall–Kier alpha value is -1.91. The highest BCUT2D eigenvalue weighted by atomic mass is 19.1. The molecular formula is C12H14FNO3. The zero-order chi connectivity index (χ0) is 12.8. The molecule has 0 aliphatic carbocycles. The van der Waals surface area contributed by atoms with Crippen LogP contribution in [-0.2, 0) is 16.1 Å². The van der Waals surface area contributed by atoms with Crippen LogP contribution in [0.3, 0.4) is 0 Å². The summed E-state index contributed by atoms with van der Waals surface area (Å²) in [6, 6.07) is 4.57. The summed E-state index contributed by atoms with van der Waals surface area (Å²) >= 11 is 0. The minimum absolute atomic E-state index is 0.0461. The Balaban J connectivity index is 2.42. The molecule has 0 aliphatic heterocycles. The van der Waals surface area contributed by atoms with E-state index in [0.717, 1.165) is 5.56 Å². The number of hydrogen-bond acceptors (Lipinski definition) is 2. The summed E-state index contributed by atoms with van der Waals surface area (Å²) in [5, 5.41) is 11.0. The molecule has 2 N–H and O–H groups in total. The first-order valence-corrected chi connectivity index (χ1v) is 5.22. The fourth-order valence-electron chi connectivity index (χ4n) is 1.33. The fourth-order valence-corrected chi connectivity index (χ4v) is 1.33. The van der Waals surface area contributed by atoms with Crippen molar-refractivity contribution >= 4 is 11.9 Å². The van der Waals surface area contributed by atoms with E-state index in [4.69, 9.17) is 5.11 Å². The van der Waals surface area contributed by atoms with Gasteiger partial charge in [-0.2, -0.15) is 0 Å². The summed E-state index contributed by atoms with van der Waals surface area (Å²) in [7, 11) is 0. The lowest BCUT2D eigenvalue weighted by Crippen LogP contribution is -2.23. The topological polar surface area (TPSA) is 66.4 Å². The summed E-state index contributed by atoms with van der Waals surface area (Å²) in [6.45, 7) is 1.92. The van der Waals surface area contributed by atoms with Crippen molar-refractivity contribution in [2.24, 2.45) is 0 Å². The number of amides is 1.